The van der Waals surface area contributed by atoms with Crippen molar-refractivity contribution in [2.45, 2.75) is 19.3 Å². The molecule has 3 N–H and O–H groups in total. The number of nitrogens with zero attached hydrogens (tertiary/aromatic N) is 3. The summed E-state index contributed by atoms with van der Waals surface area (Å²) in [5.74, 6) is 0.424. The summed E-state index contributed by atoms with van der Waals surface area (Å²) >= 11 is 0. The lowest BCUT2D eigenvalue weighted by atomic mass is 9.84. The van der Waals surface area contributed by atoms with E-state index < -0.39 is 0 Å². The molecular weight excluding hydrogens is 341 g/mol. The number of hydrogen-bond acceptors (Lipinski definition) is 5. The van der Waals surface area contributed by atoms with Gasteiger partial charge in [-0.05, 0) is 42.0 Å². The van der Waals surface area contributed by atoms with E-state index in [-0.39, 0.29) is 11.2 Å². The zero-order valence-electron chi connectivity index (χ0n) is 15.4. The SMILES string of the molecule is C=C(N)c1cccc(-c2ccc(NCC(C)(C)c3ccc(F)cc3)nn2)n1. The van der Waals surface area contributed by atoms with Gasteiger partial charge >= 0.3 is 0 Å². The Kier molecular flexibility index (Phi) is 5.16. The van der Waals surface area contributed by atoms with Gasteiger partial charge in [0.05, 0.1) is 17.1 Å². The molecule has 0 bridgehead atoms. The molecular formula is C21H22FN5. The molecule has 138 valence electrons. The summed E-state index contributed by atoms with van der Waals surface area (Å²) in [6.07, 6.45) is 0. The Morgan fingerprint density at radius 2 is 1.78 bits per heavy atom. The van der Waals surface area contributed by atoms with Crippen LogP contribution < -0.4 is 11.1 Å². The molecule has 0 radical (unpaired) electrons. The summed E-state index contributed by atoms with van der Waals surface area (Å²) in [6, 6.07) is 15.8. The molecule has 0 atom stereocenters. The third-order valence-electron chi connectivity index (χ3n) is 4.34. The highest BCUT2D eigenvalue weighted by molar-refractivity contribution is 5.62. The zero-order valence-corrected chi connectivity index (χ0v) is 15.4. The van der Waals surface area contributed by atoms with Gasteiger partial charge in [-0.3, -0.25) is 0 Å². The fourth-order valence-electron chi connectivity index (χ4n) is 2.63. The molecule has 3 rings (SSSR count). The Hall–Kier alpha value is -3.28. The van der Waals surface area contributed by atoms with E-state index in [2.05, 4.69) is 40.9 Å². The fourth-order valence-corrected chi connectivity index (χ4v) is 2.63. The van der Waals surface area contributed by atoms with E-state index >= 15 is 0 Å². The van der Waals surface area contributed by atoms with Crippen LogP contribution in [0.5, 0.6) is 0 Å². The van der Waals surface area contributed by atoms with Gasteiger partial charge in [-0.25, -0.2) is 9.37 Å². The van der Waals surface area contributed by atoms with Crippen LogP contribution in [0.25, 0.3) is 17.1 Å². The maximum absolute atomic E-state index is 13.1. The Labute approximate surface area is 158 Å². The quantitative estimate of drug-likeness (QED) is 0.692. The largest absolute Gasteiger partial charge is 0.397 e. The molecule has 1 aromatic carbocycles. The first-order valence-corrected chi connectivity index (χ1v) is 8.61. The number of nitrogens with two attached hydrogens (primary N) is 1. The first kappa shape index (κ1) is 18.5. The van der Waals surface area contributed by atoms with Crippen molar-refractivity contribution < 1.29 is 4.39 Å². The molecule has 3 aromatic rings. The number of nitrogens with one attached hydrogen (secondary N) is 1. The first-order chi connectivity index (χ1) is 12.8. The summed E-state index contributed by atoms with van der Waals surface area (Å²) in [6.45, 7) is 8.51. The van der Waals surface area contributed by atoms with Crippen molar-refractivity contribution in [2.24, 2.45) is 5.73 Å². The fraction of sp³-hybridized carbons (Fsp3) is 0.190. The normalized spacial score (nSPS) is 11.2. The third kappa shape index (κ3) is 4.47. The average molecular weight is 363 g/mol. The van der Waals surface area contributed by atoms with Gasteiger partial charge in [-0.1, -0.05) is 38.6 Å². The minimum atomic E-state index is -0.236. The monoisotopic (exact) mass is 363 g/mol. The highest BCUT2D eigenvalue weighted by Gasteiger charge is 2.20. The van der Waals surface area contributed by atoms with Crippen LogP contribution in [0.1, 0.15) is 25.1 Å². The second-order valence-corrected chi connectivity index (χ2v) is 6.98. The zero-order chi connectivity index (χ0) is 19.4. The highest BCUT2D eigenvalue weighted by Crippen LogP contribution is 2.24. The van der Waals surface area contributed by atoms with E-state index in [1.165, 1.54) is 12.1 Å². The molecule has 6 heteroatoms. The Morgan fingerprint density at radius 3 is 2.41 bits per heavy atom. The lowest BCUT2D eigenvalue weighted by molar-refractivity contribution is 0.552. The summed E-state index contributed by atoms with van der Waals surface area (Å²) in [5.41, 5.74) is 8.92. The lowest BCUT2D eigenvalue weighted by Gasteiger charge is -2.25. The van der Waals surface area contributed by atoms with Gasteiger partial charge in [-0.2, -0.15) is 0 Å². The molecule has 2 heterocycles. The number of anilines is 1. The number of halogens is 1. The van der Waals surface area contributed by atoms with Gasteiger partial charge in [0.2, 0.25) is 0 Å². The summed E-state index contributed by atoms with van der Waals surface area (Å²) in [4.78, 5) is 4.43. The van der Waals surface area contributed by atoms with Gasteiger partial charge in [0.25, 0.3) is 0 Å². The van der Waals surface area contributed by atoms with Crippen molar-refractivity contribution >= 4 is 11.5 Å². The maximum Gasteiger partial charge on any atom is 0.148 e. The molecule has 27 heavy (non-hydrogen) atoms. The highest BCUT2D eigenvalue weighted by atomic mass is 19.1. The average Bonchev–Trinajstić information content (AvgIpc) is 2.67. The van der Waals surface area contributed by atoms with Crippen LogP contribution >= 0.6 is 0 Å². The van der Waals surface area contributed by atoms with E-state index in [1.54, 1.807) is 18.2 Å². The van der Waals surface area contributed by atoms with Crippen LogP contribution in [0.3, 0.4) is 0 Å². The molecule has 0 saturated heterocycles. The number of rotatable bonds is 6. The molecule has 0 amide bonds. The summed E-state index contributed by atoms with van der Waals surface area (Å²) in [5, 5.41) is 11.7. The van der Waals surface area contributed by atoms with E-state index in [0.717, 1.165) is 5.56 Å². The predicted octanol–water partition coefficient (Wildman–Crippen LogP) is 4.00. The Balaban J connectivity index is 1.70. The third-order valence-corrected chi connectivity index (χ3v) is 4.34. The Bertz CT molecular complexity index is 934. The van der Waals surface area contributed by atoms with Crippen LogP contribution in [0.15, 0.2) is 61.2 Å². The van der Waals surface area contributed by atoms with E-state index in [1.807, 2.05) is 24.3 Å². The van der Waals surface area contributed by atoms with Gasteiger partial charge in [-0.15, -0.1) is 10.2 Å². The van der Waals surface area contributed by atoms with Gasteiger partial charge in [0.15, 0.2) is 0 Å². The Morgan fingerprint density at radius 1 is 1.04 bits per heavy atom. The number of hydrogen-bond donors (Lipinski definition) is 2. The van der Waals surface area contributed by atoms with Crippen molar-refractivity contribution in [1.29, 1.82) is 0 Å². The molecule has 5 nitrogen and oxygen atoms in total. The first-order valence-electron chi connectivity index (χ1n) is 8.61. The van der Waals surface area contributed by atoms with Crippen LogP contribution in [-0.4, -0.2) is 21.7 Å². The van der Waals surface area contributed by atoms with E-state index in [9.17, 15) is 4.39 Å². The molecule has 0 spiro atoms. The lowest BCUT2D eigenvalue weighted by Crippen LogP contribution is -2.28. The molecule has 0 unspecified atom stereocenters. The smallest absolute Gasteiger partial charge is 0.148 e. The molecule has 0 saturated carbocycles. The van der Waals surface area contributed by atoms with Crippen molar-refractivity contribution in [3.05, 3.63) is 78.3 Å². The second-order valence-electron chi connectivity index (χ2n) is 6.98. The van der Waals surface area contributed by atoms with Crippen LogP contribution in [-0.2, 0) is 5.41 Å². The van der Waals surface area contributed by atoms with Crippen LogP contribution in [0, 0.1) is 5.82 Å². The molecule has 0 aliphatic heterocycles. The van der Waals surface area contributed by atoms with Gasteiger partial charge in [0.1, 0.15) is 17.3 Å². The van der Waals surface area contributed by atoms with E-state index in [4.69, 9.17) is 5.73 Å². The number of aromatic nitrogens is 3. The van der Waals surface area contributed by atoms with Gasteiger partial charge in [0, 0.05) is 12.0 Å². The summed E-state index contributed by atoms with van der Waals surface area (Å²) in [7, 11) is 0. The second kappa shape index (κ2) is 7.53. The minimum Gasteiger partial charge on any atom is -0.397 e. The number of pyridine rings is 1. The maximum atomic E-state index is 13.1. The van der Waals surface area contributed by atoms with Gasteiger partial charge < -0.3 is 11.1 Å². The predicted molar refractivity (Wildman–Crippen MR) is 106 cm³/mol. The van der Waals surface area contributed by atoms with Crippen molar-refractivity contribution in [1.82, 2.24) is 15.2 Å². The molecule has 0 aliphatic rings. The molecule has 2 aromatic heterocycles. The molecule has 0 fully saturated rings. The van der Waals surface area contributed by atoms with Crippen LogP contribution in [0.2, 0.25) is 0 Å². The minimum absolute atomic E-state index is 0.189. The summed E-state index contributed by atoms with van der Waals surface area (Å²) < 4.78 is 13.1. The van der Waals surface area contributed by atoms with Crippen molar-refractivity contribution in [3.8, 4) is 11.4 Å². The standard InChI is InChI=1S/C21H22FN5/c1-14(23)17-5-4-6-18(25-17)19-11-12-20(27-26-19)24-13-21(2,3)15-7-9-16(22)10-8-15/h4-12H,1,13,23H2,2-3H3,(H,24,27). The van der Waals surface area contributed by atoms with Crippen LogP contribution in [0.4, 0.5) is 10.2 Å². The molecule has 0 aliphatic carbocycles. The van der Waals surface area contributed by atoms with E-state index in [0.29, 0.717) is 35.1 Å². The number of benzene rings is 1. The van der Waals surface area contributed by atoms with Crippen molar-refractivity contribution in [3.63, 3.8) is 0 Å². The topological polar surface area (TPSA) is 76.7 Å². The van der Waals surface area contributed by atoms with Crippen molar-refractivity contribution in [2.75, 3.05) is 11.9 Å².